The van der Waals surface area contributed by atoms with Crippen molar-refractivity contribution in [1.29, 1.82) is 0 Å². The number of fused-ring (bicyclic) bond motifs is 1. The first kappa shape index (κ1) is 24.7. The van der Waals surface area contributed by atoms with Gasteiger partial charge in [0.15, 0.2) is 11.4 Å². The molecule has 4 rings (SSSR count). The SMILES string of the molecule is CCc1c(C)c2ccc(OC(=O)c3ccccc3)c(C(=O)/C=C/c3ccc(N(C)C)cc3)c2oc1=O. The average molecular weight is 482 g/mol. The molecule has 4 aromatic rings. The monoisotopic (exact) mass is 481 g/mol. The number of anilines is 1. The van der Waals surface area contributed by atoms with Gasteiger partial charge in [-0.2, -0.15) is 0 Å². The van der Waals surface area contributed by atoms with E-state index in [4.69, 9.17) is 9.15 Å². The molecule has 0 amide bonds. The Morgan fingerprint density at radius 1 is 0.972 bits per heavy atom. The Morgan fingerprint density at radius 3 is 2.31 bits per heavy atom. The van der Waals surface area contributed by atoms with Crippen molar-refractivity contribution in [3.63, 3.8) is 0 Å². The smallest absolute Gasteiger partial charge is 0.343 e. The first-order chi connectivity index (χ1) is 17.3. The van der Waals surface area contributed by atoms with Crippen molar-refractivity contribution in [1.82, 2.24) is 0 Å². The molecular formula is C30H27NO5. The third-order valence-corrected chi connectivity index (χ3v) is 6.07. The molecule has 182 valence electrons. The Morgan fingerprint density at radius 2 is 1.67 bits per heavy atom. The lowest BCUT2D eigenvalue weighted by atomic mass is 9.99. The van der Waals surface area contributed by atoms with Crippen LogP contribution in [0, 0.1) is 6.92 Å². The van der Waals surface area contributed by atoms with Crippen molar-refractivity contribution in [2.75, 3.05) is 19.0 Å². The normalized spacial score (nSPS) is 11.1. The van der Waals surface area contributed by atoms with Crippen molar-refractivity contribution < 1.29 is 18.7 Å². The van der Waals surface area contributed by atoms with E-state index in [0.29, 0.717) is 22.9 Å². The summed E-state index contributed by atoms with van der Waals surface area (Å²) in [5, 5.41) is 0.623. The summed E-state index contributed by atoms with van der Waals surface area (Å²) in [4.78, 5) is 40.9. The Hall–Kier alpha value is -4.45. The van der Waals surface area contributed by atoms with Crippen LogP contribution in [-0.4, -0.2) is 25.8 Å². The predicted molar refractivity (Wildman–Crippen MR) is 142 cm³/mol. The van der Waals surface area contributed by atoms with Gasteiger partial charge in [0.1, 0.15) is 11.3 Å². The molecule has 0 radical (unpaired) electrons. The molecule has 6 heteroatoms. The maximum Gasteiger partial charge on any atom is 0.343 e. The summed E-state index contributed by atoms with van der Waals surface area (Å²) in [6.07, 6.45) is 3.57. The van der Waals surface area contributed by atoms with E-state index < -0.39 is 17.4 Å². The van der Waals surface area contributed by atoms with Gasteiger partial charge in [-0.05, 0) is 66.9 Å². The highest BCUT2D eigenvalue weighted by molar-refractivity contribution is 6.16. The number of carbonyl (C=O) groups is 2. The van der Waals surface area contributed by atoms with E-state index in [-0.39, 0.29) is 16.9 Å². The second-order valence-corrected chi connectivity index (χ2v) is 8.60. The fourth-order valence-corrected chi connectivity index (χ4v) is 4.04. The van der Waals surface area contributed by atoms with E-state index in [1.165, 1.54) is 6.08 Å². The summed E-state index contributed by atoms with van der Waals surface area (Å²) >= 11 is 0. The quantitative estimate of drug-likeness (QED) is 0.108. The molecule has 0 N–H and O–H groups in total. The van der Waals surface area contributed by atoms with Crippen LogP contribution < -0.4 is 15.3 Å². The number of allylic oxidation sites excluding steroid dienone is 1. The third-order valence-electron chi connectivity index (χ3n) is 6.07. The number of ketones is 1. The molecular weight excluding hydrogens is 454 g/mol. The summed E-state index contributed by atoms with van der Waals surface area (Å²) in [7, 11) is 3.90. The number of carbonyl (C=O) groups excluding carboxylic acids is 2. The first-order valence-corrected chi connectivity index (χ1v) is 11.7. The van der Waals surface area contributed by atoms with Gasteiger partial charge in [-0.3, -0.25) is 4.79 Å². The Labute approximate surface area is 209 Å². The van der Waals surface area contributed by atoms with Gasteiger partial charge < -0.3 is 14.1 Å². The van der Waals surface area contributed by atoms with E-state index in [0.717, 1.165) is 16.8 Å². The van der Waals surface area contributed by atoms with Crippen molar-refractivity contribution in [3.8, 4) is 5.75 Å². The molecule has 0 aliphatic rings. The summed E-state index contributed by atoms with van der Waals surface area (Å²) in [6, 6.07) is 19.5. The molecule has 0 aliphatic carbocycles. The molecule has 1 aromatic heterocycles. The zero-order valence-corrected chi connectivity index (χ0v) is 20.7. The van der Waals surface area contributed by atoms with Crippen LogP contribution in [0.3, 0.4) is 0 Å². The number of rotatable bonds is 7. The van der Waals surface area contributed by atoms with Crippen molar-refractivity contribution in [2.45, 2.75) is 20.3 Å². The van der Waals surface area contributed by atoms with E-state index in [2.05, 4.69) is 0 Å². The number of esters is 1. The number of aryl methyl sites for hydroxylation is 1. The van der Waals surface area contributed by atoms with Crippen LogP contribution in [0.2, 0.25) is 0 Å². The summed E-state index contributed by atoms with van der Waals surface area (Å²) in [5.74, 6) is -1.03. The predicted octanol–water partition coefficient (Wildman–Crippen LogP) is 5.85. The minimum Gasteiger partial charge on any atom is -0.422 e. The first-order valence-electron chi connectivity index (χ1n) is 11.7. The molecule has 3 aromatic carbocycles. The topological polar surface area (TPSA) is 76.8 Å². The minimum atomic E-state index is -0.614. The highest BCUT2D eigenvalue weighted by atomic mass is 16.5. The molecule has 0 unspecified atom stereocenters. The summed E-state index contributed by atoms with van der Waals surface area (Å²) < 4.78 is 11.3. The average Bonchev–Trinajstić information content (AvgIpc) is 2.88. The van der Waals surface area contributed by atoms with E-state index in [1.54, 1.807) is 48.5 Å². The van der Waals surface area contributed by atoms with E-state index in [9.17, 15) is 14.4 Å². The summed E-state index contributed by atoms with van der Waals surface area (Å²) in [5.41, 5.74) is 3.10. The van der Waals surface area contributed by atoms with Crippen molar-refractivity contribution >= 4 is 34.5 Å². The van der Waals surface area contributed by atoms with E-state index >= 15 is 0 Å². The highest BCUT2D eigenvalue weighted by Crippen LogP contribution is 2.32. The Balaban J connectivity index is 1.80. The molecule has 0 aliphatic heterocycles. The molecule has 0 atom stereocenters. The van der Waals surface area contributed by atoms with Gasteiger partial charge in [-0.15, -0.1) is 0 Å². The molecule has 0 bridgehead atoms. The standard InChI is InChI=1S/C30H27NO5/c1-5-23-19(2)24-16-18-26(35-29(33)21-9-7-6-8-10-21)27(28(24)36-30(23)34)25(32)17-13-20-11-14-22(15-12-20)31(3)4/h6-18H,5H2,1-4H3/b17-13+. The fraction of sp³-hybridized carbons (Fsp3) is 0.167. The van der Waals surface area contributed by atoms with Gasteiger partial charge in [0, 0.05) is 30.7 Å². The molecule has 1 heterocycles. The van der Waals surface area contributed by atoms with Crippen LogP contribution in [0.5, 0.6) is 5.75 Å². The molecule has 0 spiro atoms. The zero-order chi connectivity index (χ0) is 25.8. The molecule has 0 fully saturated rings. The van der Waals surface area contributed by atoms with Crippen LogP contribution in [0.15, 0.2) is 82.0 Å². The third kappa shape index (κ3) is 4.98. The molecule has 6 nitrogen and oxygen atoms in total. The highest BCUT2D eigenvalue weighted by Gasteiger charge is 2.22. The number of nitrogens with zero attached hydrogens (tertiary/aromatic N) is 1. The maximum absolute atomic E-state index is 13.5. The second-order valence-electron chi connectivity index (χ2n) is 8.60. The van der Waals surface area contributed by atoms with Gasteiger partial charge in [0.2, 0.25) is 0 Å². The molecule has 36 heavy (non-hydrogen) atoms. The number of hydrogen-bond donors (Lipinski definition) is 0. The van der Waals surface area contributed by atoms with Gasteiger partial charge >= 0.3 is 11.6 Å². The number of ether oxygens (including phenoxy) is 1. The van der Waals surface area contributed by atoms with Crippen molar-refractivity contribution in [2.24, 2.45) is 0 Å². The van der Waals surface area contributed by atoms with Gasteiger partial charge in [-0.25, -0.2) is 9.59 Å². The van der Waals surface area contributed by atoms with Gasteiger partial charge in [0.05, 0.1) is 5.56 Å². The maximum atomic E-state index is 13.5. The lowest BCUT2D eigenvalue weighted by Crippen LogP contribution is -2.14. The van der Waals surface area contributed by atoms with Crippen LogP contribution in [-0.2, 0) is 6.42 Å². The Bertz CT molecular complexity index is 1510. The van der Waals surface area contributed by atoms with Gasteiger partial charge in [0.25, 0.3) is 0 Å². The molecule has 0 saturated heterocycles. The fourth-order valence-electron chi connectivity index (χ4n) is 4.04. The summed E-state index contributed by atoms with van der Waals surface area (Å²) in [6.45, 7) is 3.70. The minimum absolute atomic E-state index is 0.0285. The van der Waals surface area contributed by atoms with Crippen LogP contribution >= 0.6 is 0 Å². The number of hydrogen-bond acceptors (Lipinski definition) is 6. The van der Waals surface area contributed by atoms with Gasteiger partial charge in [-0.1, -0.05) is 43.3 Å². The lowest BCUT2D eigenvalue weighted by molar-refractivity contribution is 0.0733. The number of benzene rings is 3. The van der Waals surface area contributed by atoms with Crippen molar-refractivity contribution in [3.05, 3.63) is 111 Å². The second kappa shape index (κ2) is 10.4. The largest absolute Gasteiger partial charge is 0.422 e. The zero-order valence-electron chi connectivity index (χ0n) is 20.7. The lowest BCUT2D eigenvalue weighted by Gasteiger charge is -2.13. The van der Waals surface area contributed by atoms with Crippen LogP contribution in [0.1, 0.15) is 44.3 Å². The van der Waals surface area contributed by atoms with E-state index in [1.807, 2.05) is 57.1 Å². The van der Waals surface area contributed by atoms with Crippen LogP contribution in [0.4, 0.5) is 5.69 Å². The Kier molecular flexibility index (Phi) is 7.15. The molecule has 0 saturated carbocycles. The van der Waals surface area contributed by atoms with Crippen LogP contribution in [0.25, 0.3) is 17.0 Å².